The monoisotopic (exact) mass is 2070 g/mol. The van der Waals surface area contributed by atoms with Crippen LogP contribution in [0, 0.1) is 0 Å². The first kappa shape index (κ1) is 113. The molecule has 7 N–H and O–H groups in total. The lowest BCUT2D eigenvalue weighted by atomic mass is 9.81. The molecule has 137 heavy (non-hydrogen) atoms. The lowest BCUT2D eigenvalue weighted by molar-refractivity contribution is -0.777. The molecule has 0 unspecified atom stereocenters. The highest BCUT2D eigenvalue weighted by Crippen LogP contribution is 2.52. The van der Waals surface area contributed by atoms with Crippen molar-refractivity contribution in [1.82, 2.24) is 0 Å². The molecule has 12 rings (SSSR count). The first-order chi connectivity index (χ1) is 64.7. The van der Waals surface area contributed by atoms with Crippen LogP contribution in [-0.4, -0.2) is 173 Å². The zero-order valence-electron chi connectivity index (χ0n) is 77.0. The number of allylic oxidation sites excluding steroid dienone is 15. The van der Waals surface area contributed by atoms with E-state index in [-0.39, 0.29) is 51.6 Å². The van der Waals surface area contributed by atoms with Crippen molar-refractivity contribution in [3.63, 3.8) is 0 Å². The van der Waals surface area contributed by atoms with Crippen molar-refractivity contribution in [2.45, 2.75) is 190 Å². The molecule has 0 saturated heterocycles. The number of hydrogen-bond donors (Lipinski definition) is 6. The van der Waals surface area contributed by atoms with Gasteiger partial charge in [-0.3, -0.25) is 37.9 Å². The van der Waals surface area contributed by atoms with Gasteiger partial charge in [0, 0.05) is 165 Å². The molecule has 0 fully saturated rings. The number of benzene rings is 6. The number of halogens is 1. The molecule has 6 aromatic rings. The number of ether oxygens (including phenoxy) is 2. The summed E-state index contributed by atoms with van der Waals surface area (Å²) < 4.78 is 207. The minimum Gasteiger partial charge on any atom is -0.691 e. The lowest BCUT2D eigenvalue weighted by Crippen LogP contribution is -2.28. The van der Waals surface area contributed by atoms with Crippen LogP contribution in [0.2, 0.25) is 0 Å². The molecule has 0 saturated carbocycles. The quantitative estimate of drug-likeness (QED) is 0.00303. The molecule has 0 spiro atoms. The van der Waals surface area contributed by atoms with Crippen molar-refractivity contribution >= 4 is 156 Å². The van der Waals surface area contributed by atoms with Gasteiger partial charge >= 0.3 is 21.2 Å². The minimum atomic E-state index is -4.48. The van der Waals surface area contributed by atoms with Crippen LogP contribution in [0.15, 0.2) is 236 Å². The van der Waals surface area contributed by atoms with Crippen LogP contribution >= 0.6 is 35.7 Å². The second-order valence-corrected chi connectivity index (χ2v) is 43.3. The van der Waals surface area contributed by atoms with Crippen LogP contribution in [0.25, 0.3) is 0 Å². The predicted octanol–water partition coefficient (Wildman–Crippen LogP) is 14.5. The van der Waals surface area contributed by atoms with Gasteiger partial charge in [0.05, 0.1) is 45.3 Å². The number of nitrogens with one attached hydrogen (secondary N) is 1. The van der Waals surface area contributed by atoms with Crippen molar-refractivity contribution < 1.29 is 135 Å². The normalized spacial score (nSPS) is 17.5. The number of nitrogen functional groups attached to an aromatic ring is 1. The van der Waals surface area contributed by atoms with Gasteiger partial charge in [0.1, 0.15) is 13.1 Å². The van der Waals surface area contributed by atoms with E-state index in [0.29, 0.717) is 79.6 Å². The molecule has 744 valence electrons. The third-order valence-corrected chi connectivity index (χ3v) is 29.0. The SMILES string of the molecule is CC1(C)C(/C=C/C2=C(Cl)C(=C/C=C3/N(CCCCS(=O)(=O)O)c4ccc(S(=O)(=O)O)cc4C3(C)C)/CCC2)=[N+](CCCCSOO[O-])c2ccccc21.CC1(C)C(/C=C/C2=C(Nc3ccc(CCOC=O)cc3)C(=C/C=C3/N(CCCCS(=O)(=O)O)c4ccc(S(=O)(=O)O)cc4C3(C)C)/CCC2)=[N+](CCCCSOO[O-])c2ccccc21.Nc1ccc(CCOC=O)cc1.O=S(=O)=O.O=S(=O)=O. The van der Waals surface area contributed by atoms with E-state index >= 15 is 0 Å². The molecule has 4 aliphatic heterocycles. The van der Waals surface area contributed by atoms with E-state index in [4.69, 9.17) is 47.3 Å². The van der Waals surface area contributed by atoms with Gasteiger partial charge < -0.3 is 40.8 Å². The highest BCUT2D eigenvalue weighted by Gasteiger charge is 2.47. The molecular formula is C94H115ClN6O28S8. The van der Waals surface area contributed by atoms with Crippen molar-refractivity contribution in [3.8, 4) is 0 Å². The number of nitrogens with zero attached hydrogens (tertiary/aromatic N) is 4. The van der Waals surface area contributed by atoms with E-state index < -0.39 is 72.5 Å². The van der Waals surface area contributed by atoms with E-state index in [0.717, 1.165) is 192 Å². The molecule has 43 heteroatoms. The van der Waals surface area contributed by atoms with E-state index in [1.165, 1.54) is 46.8 Å². The van der Waals surface area contributed by atoms with E-state index in [1.54, 1.807) is 12.1 Å². The molecule has 4 heterocycles. The van der Waals surface area contributed by atoms with Gasteiger partial charge in [0.25, 0.3) is 53.4 Å². The Labute approximate surface area is 817 Å². The van der Waals surface area contributed by atoms with Gasteiger partial charge in [0.15, 0.2) is 11.4 Å². The fraction of sp³-hybridized carbons (Fsp3) is 0.404. The van der Waals surface area contributed by atoms with E-state index in [2.05, 4.69) is 149 Å². The lowest BCUT2D eigenvalue weighted by Gasteiger charge is -2.28. The third-order valence-electron chi connectivity index (χ3n) is 24.0. The van der Waals surface area contributed by atoms with Crippen LogP contribution in [0.5, 0.6) is 0 Å². The van der Waals surface area contributed by atoms with Gasteiger partial charge in [-0.1, -0.05) is 124 Å². The van der Waals surface area contributed by atoms with Crippen LogP contribution in [-0.2, 0) is 134 Å². The first-order valence-electron chi connectivity index (χ1n) is 43.7. The van der Waals surface area contributed by atoms with Crippen molar-refractivity contribution in [2.24, 2.45) is 0 Å². The molecule has 2 aliphatic carbocycles. The van der Waals surface area contributed by atoms with Crippen LogP contribution in [0.1, 0.15) is 179 Å². The summed E-state index contributed by atoms with van der Waals surface area (Å²) in [4.78, 5) is 24.2. The molecule has 0 radical (unpaired) electrons. The number of rotatable bonds is 42. The Bertz CT molecular complexity index is 6320. The molecule has 0 bridgehead atoms. The second-order valence-electron chi connectivity index (χ2n) is 34.5. The number of carbonyl (C=O) groups excluding carboxylic acids is 2. The largest absolute Gasteiger partial charge is 0.691 e. The molecule has 6 aromatic carbocycles. The minimum absolute atomic E-state index is 0.200. The molecule has 0 aromatic heterocycles. The Kier molecular flexibility index (Phi) is 42.8. The molecule has 0 atom stereocenters. The van der Waals surface area contributed by atoms with Gasteiger partial charge in [0.2, 0.25) is 11.4 Å². The zero-order chi connectivity index (χ0) is 101. The number of hydrogen-bond acceptors (Lipinski definition) is 30. The maximum absolute atomic E-state index is 12.3. The van der Waals surface area contributed by atoms with Crippen molar-refractivity contribution in [2.75, 3.05) is 83.3 Å². The van der Waals surface area contributed by atoms with E-state index in [9.17, 15) is 72.0 Å². The summed E-state index contributed by atoms with van der Waals surface area (Å²) in [7, 11) is -23.4. The summed E-state index contributed by atoms with van der Waals surface area (Å²) >= 11 is 9.14. The highest BCUT2D eigenvalue weighted by molar-refractivity contribution is 7.94. The smallest absolute Gasteiger partial charge is 0.425 e. The number of unbranched alkanes of at least 4 members (excludes halogenated alkanes) is 4. The summed E-state index contributed by atoms with van der Waals surface area (Å²) in [6.07, 6.45) is 28.0. The number of anilines is 4. The van der Waals surface area contributed by atoms with Crippen LogP contribution in [0.4, 0.5) is 34.1 Å². The number of carbonyl (C=O) groups is 2. The Morgan fingerprint density at radius 2 is 0.876 bits per heavy atom. The molecular weight excluding hydrogens is 1950 g/mol. The maximum atomic E-state index is 12.3. The summed E-state index contributed by atoms with van der Waals surface area (Å²) in [5.74, 6) is 0.528. The Morgan fingerprint density at radius 3 is 1.28 bits per heavy atom. The summed E-state index contributed by atoms with van der Waals surface area (Å²) in [5, 5.41) is 31.8. The number of fused-ring (bicyclic) bond motifs is 4. The molecule has 34 nitrogen and oxygen atoms in total. The second kappa shape index (κ2) is 52.0. The van der Waals surface area contributed by atoms with E-state index in [1.807, 2.05) is 99.3 Å². The fourth-order valence-corrected chi connectivity index (χ4v) is 20.7. The molecule has 6 aliphatic rings. The summed E-state index contributed by atoms with van der Waals surface area (Å²) in [5.41, 5.74) is 24.3. The average Bonchev–Trinajstić information content (AvgIpc) is 1.59. The average molecular weight is 2070 g/mol. The van der Waals surface area contributed by atoms with Crippen LogP contribution in [0.3, 0.4) is 0 Å². The summed E-state index contributed by atoms with van der Waals surface area (Å²) in [6, 6.07) is 41.4. The Hall–Kier alpha value is -9.65. The highest BCUT2D eigenvalue weighted by atomic mass is 35.5. The molecule has 0 amide bonds. The zero-order valence-corrected chi connectivity index (χ0v) is 84.2. The fourth-order valence-electron chi connectivity index (χ4n) is 17.3. The first-order valence-corrected chi connectivity index (χ1v) is 54.0. The van der Waals surface area contributed by atoms with Gasteiger partial charge in [-0.25, -0.2) is 0 Å². The number of nitrogens with two attached hydrogens (primary N) is 1. The Balaban J connectivity index is 0.000000282. The topological polar surface area (TPSA) is 506 Å². The standard InChI is InChI=1S/C47H57N3O11S3.C38H47ClN2O9S3.C9H11NO2.2O3S/c1-46(2)39-14-5-6-15-41(39)49(27-7-9-30-62-61-60-52)43(46)24-18-35-12-11-13-36(45(35)48-37-20-16-34(17-21-37)26-29-59-33-51)19-25-44-47(3,4)40-32-38(64(56,57)58)22-23-42(40)50(44)28-8-10-31-63(53,54)55;1-37(2)30-14-5-6-15-32(30)40(22-7-9-24-51-50-49-42)34(37)20-16-27-12-11-13-28(36(27)39)17-21-35-38(3,4)31-26-29(53(46,47)48)18-19-33(31)41(35)23-8-10-25-52(43,44)45;10-9-3-1-8(2-4-9)5-6-12-7-11;2*1-4(2)3/h5-6,14-25,32-33H,7-13,26-31H2,1-4H3,(H3,52,53,54,55,56,57,58);5-6,14-21,26H,7-13,22-25H2,1-4H3,(H2-,42,43,44,45,46,47,48);1-4,7H,5-6,10H2;;/b36-19+,44-25+;;;;. The summed E-state index contributed by atoms with van der Waals surface area (Å²) in [6.45, 7) is 20.9. The maximum Gasteiger partial charge on any atom is 0.425 e. The number of para-hydroxylation sites is 2. The van der Waals surface area contributed by atoms with Crippen molar-refractivity contribution in [3.05, 3.63) is 260 Å². The third kappa shape index (κ3) is 32.7. The van der Waals surface area contributed by atoms with Crippen LogP contribution < -0.4 is 31.4 Å². The predicted molar refractivity (Wildman–Crippen MR) is 521 cm³/mol. The Morgan fingerprint density at radius 1 is 0.482 bits per heavy atom. The van der Waals surface area contributed by atoms with Gasteiger partial charge in [-0.05, 0) is 222 Å². The van der Waals surface area contributed by atoms with Gasteiger partial charge in [-0.2, -0.15) is 51.5 Å². The van der Waals surface area contributed by atoms with Crippen molar-refractivity contribution in [1.29, 1.82) is 0 Å². The van der Waals surface area contributed by atoms with Gasteiger partial charge in [-0.15, -0.1) is 25.3 Å².